The van der Waals surface area contributed by atoms with Gasteiger partial charge in [-0.15, -0.1) is 0 Å². The van der Waals surface area contributed by atoms with Crippen molar-refractivity contribution in [3.63, 3.8) is 0 Å². The Morgan fingerprint density at radius 2 is 2.44 bits per heavy atom. The smallest absolute Gasteiger partial charge is 0.134 e. The first-order valence-electron chi connectivity index (χ1n) is 3.24. The molecule has 0 aromatic heterocycles. The number of ketones is 1. The second kappa shape index (κ2) is 2.63. The molecule has 0 N–H and O–H groups in total. The third-order valence-electron chi connectivity index (χ3n) is 1.66. The Kier molecular flexibility index (Phi) is 1.84. The van der Waals surface area contributed by atoms with Crippen molar-refractivity contribution in [3.05, 3.63) is 0 Å². The first-order valence-corrected chi connectivity index (χ1v) is 3.24. The highest BCUT2D eigenvalue weighted by Crippen LogP contribution is 2.19. The zero-order chi connectivity index (χ0) is 6.69. The minimum atomic E-state index is 0.0197. The van der Waals surface area contributed by atoms with Gasteiger partial charge >= 0.3 is 0 Å². The summed E-state index contributed by atoms with van der Waals surface area (Å²) < 4.78 is 0. The molecule has 0 unspecified atom stereocenters. The van der Waals surface area contributed by atoms with Crippen LogP contribution in [0.15, 0.2) is 0 Å². The lowest BCUT2D eigenvalue weighted by Crippen LogP contribution is -2.12. The van der Waals surface area contributed by atoms with Gasteiger partial charge < -0.3 is 0 Å². The lowest BCUT2D eigenvalue weighted by molar-refractivity contribution is -0.120. The molecule has 0 aromatic carbocycles. The lowest BCUT2D eigenvalue weighted by atomic mass is 9.90. The minimum Gasteiger partial charge on any atom is -0.300 e. The third kappa shape index (κ3) is 1.53. The predicted molar refractivity (Wildman–Crippen MR) is 32.6 cm³/mol. The Labute approximate surface area is 54.5 Å². The molecule has 0 aliphatic heterocycles. The molecule has 0 radical (unpaired) electrons. The summed E-state index contributed by atoms with van der Waals surface area (Å²) in [5, 5.41) is 8.41. The van der Waals surface area contributed by atoms with Crippen molar-refractivity contribution >= 4 is 5.78 Å². The third-order valence-corrected chi connectivity index (χ3v) is 1.66. The molecule has 0 bridgehead atoms. The fourth-order valence-corrected chi connectivity index (χ4v) is 1.13. The van der Waals surface area contributed by atoms with Gasteiger partial charge in [-0.2, -0.15) is 5.26 Å². The molecule has 0 spiro atoms. The van der Waals surface area contributed by atoms with Crippen LogP contribution in [0.25, 0.3) is 0 Å². The van der Waals surface area contributed by atoms with Crippen molar-refractivity contribution in [1.82, 2.24) is 0 Å². The van der Waals surface area contributed by atoms with E-state index in [9.17, 15) is 4.79 Å². The number of nitriles is 1. The van der Waals surface area contributed by atoms with Gasteiger partial charge in [-0.3, -0.25) is 4.79 Å². The molecule has 0 heterocycles. The zero-order valence-corrected chi connectivity index (χ0v) is 5.26. The largest absolute Gasteiger partial charge is 0.300 e. The number of carbonyl (C=O) groups is 1. The van der Waals surface area contributed by atoms with Crippen molar-refractivity contribution in [2.75, 3.05) is 0 Å². The van der Waals surface area contributed by atoms with Crippen LogP contribution in [0.1, 0.15) is 25.7 Å². The van der Waals surface area contributed by atoms with Crippen molar-refractivity contribution in [3.8, 4) is 6.07 Å². The Morgan fingerprint density at radius 1 is 1.67 bits per heavy atom. The van der Waals surface area contributed by atoms with Gasteiger partial charge in [0.2, 0.25) is 0 Å². The van der Waals surface area contributed by atoms with E-state index < -0.39 is 0 Å². The maximum absolute atomic E-state index is 10.7. The van der Waals surface area contributed by atoms with Gasteiger partial charge in [0.05, 0.1) is 12.0 Å². The molecule has 1 fully saturated rings. The normalized spacial score (nSPS) is 27.4. The fraction of sp³-hybridized carbons (Fsp3) is 0.714. The van der Waals surface area contributed by atoms with Gasteiger partial charge in [0.15, 0.2) is 0 Å². The van der Waals surface area contributed by atoms with E-state index in [1.54, 1.807) is 0 Å². The molecule has 48 valence electrons. The van der Waals surface area contributed by atoms with Crippen molar-refractivity contribution in [1.29, 1.82) is 5.26 Å². The molecule has 1 atom stereocenters. The highest BCUT2D eigenvalue weighted by molar-refractivity contribution is 5.79. The van der Waals surface area contributed by atoms with Gasteiger partial charge in [-0.05, 0) is 12.8 Å². The van der Waals surface area contributed by atoms with E-state index in [0.717, 1.165) is 12.8 Å². The van der Waals surface area contributed by atoms with Crippen molar-refractivity contribution in [2.24, 2.45) is 5.92 Å². The van der Waals surface area contributed by atoms with Gasteiger partial charge in [-0.25, -0.2) is 0 Å². The molecule has 9 heavy (non-hydrogen) atoms. The van der Waals surface area contributed by atoms with E-state index in [-0.39, 0.29) is 11.7 Å². The second-order valence-electron chi connectivity index (χ2n) is 2.46. The summed E-state index contributed by atoms with van der Waals surface area (Å²) in [4.78, 5) is 10.7. The summed E-state index contributed by atoms with van der Waals surface area (Å²) in [7, 11) is 0. The Morgan fingerprint density at radius 3 is 2.89 bits per heavy atom. The molecule has 1 aliphatic carbocycles. The summed E-state index contributed by atoms with van der Waals surface area (Å²) in [5.74, 6) is 0.277. The van der Waals surface area contributed by atoms with Crippen LogP contribution in [0.4, 0.5) is 0 Å². The number of Topliss-reactive ketones (excluding diaryl/α,β-unsaturated/α-hetero) is 1. The molecule has 1 saturated carbocycles. The summed E-state index contributed by atoms with van der Waals surface area (Å²) >= 11 is 0. The van der Waals surface area contributed by atoms with E-state index in [0.29, 0.717) is 12.8 Å². The number of rotatable bonds is 0. The molecular weight excluding hydrogens is 114 g/mol. The van der Waals surface area contributed by atoms with Gasteiger partial charge in [0, 0.05) is 12.8 Å². The molecule has 1 aliphatic rings. The highest BCUT2D eigenvalue weighted by atomic mass is 16.1. The van der Waals surface area contributed by atoms with Crippen LogP contribution in [0.2, 0.25) is 0 Å². The first-order chi connectivity index (χ1) is 4.33. The zero-order valence-electron chi connectivity index (χ0n) is 5.26. The first kappa shape index (κ1) is 6.28. The molecular formula is C7H9NO. The van der Waals surface area contributed by atoms with E-state index in [4.69, 9.17) is 5.26 Å². The lowest BCUT2D eigenvalue weighted by Gasteiger charge is -2.12. The van der Waals surface area contributed by atoms with E-state index in [1.165, 1.54) is 0 Å². The number of nitrogens with zero attached hydrogens (tertiary/aromatic N) is 1. The monoisotopic (exact) mass is 123 g/mol. The van der Waals surface area contributed by atoms with Crippen molar-refractivity contribution in [2.45, 2.75) is 25.7 Å². The van der Waals surface area contributed by atoms with Crippen LogP contribution < -0.4 is 0 Å². The molecule has 0 amide bonds. The standard InChI is InChI=1S/C7H9NO/c8-5-6-2-1-3-7(9)4-6/h6H,1-4H2/t6-/m0/s1. The SMILES string of the molecule is N#C[C@H]1CCCC(=O)C1. The fourth-order valence-electron chi connectivity index (χ4n) is 1.13. The Bertz CT molecular complexity index is 157. The number of hydrogen-bond donors (Lipinski definition) is 0. The van der Waals surface area contributed by atoms with Crippen molar-refractivity contribution < 1.29 is 4.79 Å². The minimum absolute atomic E-state index is 0.0197. The summed E-state index contributed by atoms with van der Waals surface area (Å²) in [6.07, 6.45) is 3.02. The molecule has 0 aromatic rings. The maximum Gasteiger partial charge on any atom is 0.134 e. The van der Waals surface area contributed by atoms with Gasteiger partial charge in [0.25, 0.3) is 0 Å². The topological polar surface area (TPSA) is 40.9 Å². The summed E-state index contributed by atoms with van der Waals surface area (Å²) in [6.45, 7) is 0. The average Bonchev–Trinajstić information content (AvgIpc) is 1.88. The van der Waals surface area contributed by atoms with E-state index >= 15 is 0 Å². The Balaban J connectivity index is 2.43. The van der Waals surface area contributed by atoms with Crippen LogP contribution in [-0.2, 0) is 4.79 Å². The maximum atomic E-state index is 10.7. The van der Waals surface area contributed by atoms with Gasteiger partial charge in [0.1, 0.15) is 5.78 Å². The quantitative estimate of drug-likeness (QED) is 0.486. The molecule has 2 heteroatoms. The number of carbonyl (C=O) groups excluding carboxylic acids is 1. The Hall–Kier alpha value is -0.840. The molecule has 2 nitrogen and oxygen atoms in total. The highest BCUT2D eigenvalue weighted by Gasteiger charge is 2.17. The van der Waals surface area contributed by atoms with Crippen LogP contribution in [0, 0.1) is 17.2 Å². The molecule has 0 saturated heterocycles. The average molecular weight is 123 g/mol. The summed E-state index contributed by atoms with van der Waals surface area (Å²) in [5.41, 5.74) is 0. The van der Waals surface area contributed by atoms with E-state index in [1.807, 2.05) is 0 Å². The van der Waals surface area contributed by atoms with Gasteiger partial charge in [-0.1, -0.05) is 0 Å². The van der Waals surface area contributed by atoms with Crippen LogP contribution >= 0.6 is 0 Å². The van der Waals surface area contributed by atoms with E-state index in [2.05, 4.69) is 6.07 Å². The van der Waals surface area contributed by atoms with Crippen LogP contribution in [0.5, 0.6) is 0 Å². The second-order valence-corrected chi connectivity index (χ2v) is 2.46. The predicted octanol–water partition coefficient (Wildman–Crippen LogP) is 1.27. The van der Waals surface area contributed by atoms with Crippen LogP contribution in [-0.4, -0.2) is 5.78 Å². The summed E-state index contributed by atoms with van der Waals surface area (Å²) in [6, 6.07) is 2.11. The number of hydrogen-bond acceptors (Lipinski definition) is 2. The molecule has 1 rings (SSSR count). The van der Waals surface area contributed by atoms with Crippen LogP contribution in [0.3, 0.4) is 0 Å².